The number of para-hydroxylation sites is 2. The lowest BCUT2D eigenvalue weighted by Crippen LogP contribution is -2.42. The summed E-state index contributed by atoms with van der Waals surface area (Å²) < 4.78 is 2.36. The number of aromatic nitrogens is 4. The van der Waals surface area contributed by atoms with Crippen LogP contribution in [0.15, 0.2) is 164 Å². The van der Waals surface area contributed by atoms with E-state index in [-0.39, 0.29) is 16.2 Å². The van der Waals surface area contributed by atoms with Gasteiger partial charge in [-0.25, -0.2) is 15.0 Å². The van der Waals surface area contributed by atoms with Crippen LogP contribution in [0.4, 0.5) is 0 Å². The Kier molecular flexibility index (Phi) is 8.49. The van der Waals surface area contributed by atoms with Gasteiger partial charge in [-0.15, -0.1) is 0 Å². The zero-order valence-corrected chi connectivity index (χ0v) is 34.8. The molecule has 9 aromatic rings. The number of hydrogen-bond acceptors (Lipinski definition) is 4. The molecule has 0 spiro atoms. The Morgan fingerprint density at radius 1 is 0.433 bits per heavy atom. The molecule has 0 atom stereocenters. The topological polar surface area (TPSA) is 67.4 Å². The number of benzene rings is 7. The molecule has 5 heteroatoms. The zero-order chi connectivity index (χ0) is 41.4. The van der Waals surface area contributed by atoms with E-state index in [9.17, 15) is 5.26 Å². The number of rotatable bonds is 6. The first-order valence-electron chi connectivity index (χ1n) is 20.7. The highest BCUT2D eigenvalue weighted by molar-refractivity contribution is 6.11. The Labute approximate surface area is 351 Å². The highest BCUT2D eigenvalue weighted by atomic mass is 15.0. The quantitative estimate of drug-likeness (QED) is 0.169. The van der Waals surface area contributed by atoms with Crippen molar-refractivity contribution in [2.24, 2.45) is 5.41 Å². The van der Waals surface area contributed by atoms with Crippen LogP contribution >= 0.6 is 0 Å². The van der Waals surface area contributed by atoms with E-state index in [0.29, 0.717) is 23.0 Å². The van der Waals surface area contributed by atoms with Crippen LogP contribution in [0.25, 0.3) is 83.9 Å². The number of hydrogen-bond donors (Lipinski definition) is 0. The van der Waals surface area contributed by atoms with Gasteiger partial charge in [0.1, 0.15) is 0 Å². The average Bonchev–Trinajstić information content (AvgIpc) is 3.67. The van der Waals surface area contributed by atoms with Crippen LogP contribution in [0, 0.1) is 16.7 Å². The van der Waals surface area contributed by atoms with Crippen molar-refractivity contribution in [2.45, 2.75) is 52.4 Å². The van der Waals surface area contributed by atoms with Crippen LogP contribution in [0.3, 0.4) is 0 Å². The third-order valence-corrected chi connectivity index (χ3v) is 14.0. The smallest absolute Gasteiger partial charge is 0.164 e. The Bertz CT molecular complexity index is 3110. The van der Waals surface area contributed by atoms with Crippen molar-refractivity contribution in [1.82, 2.24) is 19.5 Å². The molecule has 2 aromatic heterocycles. The van der Waals surface area contributed by atoms with Crippen molar-refractivity contribution < 1.29 is 0 Å². The summed E-state index contributed by atoms with van der Waals surface area (Å²) in [5.41, 5.74) is 13.2. The molecule has 0 saturated carbocycles. The first-order chi connectivity index (χ1) is 29.0. The molecule has 1 aliphatic rings. The van der Waals surface area contributed by atoms with Gasteiger partial charge in [-0.2, -0.15) is 5.26 Å². The molecular weight excluding hydrogens is 731 g/mol. The van der Waals surface area contributed by atoms with Crippen LogP contribution in [-0.4, -0.2) is 19.5 Å². The van der Waals surface area contributed by atoms with Crippen molar-refractivity contribution in [2.75, 3.05) is 0 Å². The van der Waals surface area contributed by atoms with Crippen LogP contribution in [0.2, 0.25) is 0 Å². The highest BCUT2D eigenvalue weighted by Crippen LogP contribution is 2.62. The summed E-state index contributed by atoms with van der Waals surface area (Å²) in [6, 6.07) is 59.6. The SMILES string of the molecule is CC1(C)c2cc(-c3cc(C#N)cc(-c4nc(-c5ccccc5)nc(-c5ccccc5)n4)c3)c(-c3ccc4c(c3)c3ccccc3n4-c3ccccc3)cc2C(C)(C)C1(C)C. The first-order valence-corrected chi connectivity index (χ1v) is 20.7. The standard InChI is InChI=1S/C55H45N5/c1-53(2)46-32-43(38-26-27-49-45(31-38)42-24-16-17-25-48(42)60(49)41-22-14-9-15-23-41)44(33-47(46)54(3,4)55(53,5)6)39-28-35(34-56)29-40(30-39)52-58-50(36-18-10-7-11-19-36)57-51(59-52)37-20-12-8-13-21-37/h7-33H,1-6H3. The van der Waals surface area contributed by atoms with E-state index in [1.54, 1.807) is 0 Å². The van der Waals surface area contributed by atoms with E-state index in [1.165, 1.54) is 27.4 Å². The molecule has 2 heterocycles. The van der Waals surface area contributed by atoms with Crippen molar-refractivity contribution >= 4 is 21.8 Å². The van der Waals surface area contributed by atoms with Gasteiger partial charge >= 0.3 is 0 Å². The van der Waals surface area contributed by atoms with Crippen LogP contribution in [-0.2, 0) is 10.8 Å². The molecule has 0 N–H and O–H groups in total. The molecule has 0 aliphatic heterocycles. The average molecular weight is 776 g/mol. The van der Waals surface area contributed by atoms with Gasteiger partial charge in [-0.05, 0) is 110 Å². The molecule has 5 nitrogen and oxygen atoms in total. The Morgan fingerprint density at radius 3 is 1.50 bits per heavy atom. The minimum Gasteiger partial charge on any atom is -0.309 e. The summed E-state index contributed by atoms with van der Waals surface area (Å²) in [5, 5.41) is 13.0. The summed E-state index contributed by atoms with van der Waals surface area (Å²) in [6.45, 7) is 14.4. The molecule has 0 amide bonds. The summed E-state index contributed by atoms with van der Waals surface area (Å²) in [4.78, 5) is 15.1. The fourth-order valence-corrected chi connectivity index (χ4v) is 9.48. The van der Waals surface area contributed by atoms with E-state index in [2.05, 4.69) is 143 Å². The van der Waals surface area contributed by atoms with Gasteiger partial charge in [0.2, 0.25) is 0 Å². The number of nitrogens with zero attached hydrogens (tertiary/aromatic N) is 5. The van der Waals surface area contributed by atoms with Crippen molar-refractivity contribution in [1.29, 1.82) is 5.26 Å². The van der Waals surface area contributed by atoms with Crippen LogP contribution in [0.5, 0.6) is 0 Å². The number of nitriles is 1. The molecule has 10 rings (SSSR count). The molecule has 60 heavy (non-hydrogen) atoms. The monoisotopic (exact) mass is 775 g/mol. The lowest BCUT2D eigenvalue weighted by Gasteiger charge is -2.44. The molecule has 0 unspecified atom stereocenters. The van der Waals surface area contributed by atoms with Gasteiger partial charge < -0.3 is 4.57 Å². The normalized spacial score (nSPS) is 14.9. The number of fused-ring (bicyclic) bond motifs is 4. The molecule has 0 bridgehead atoms. The van der Waals surface area contributed by atoms with Gasteiger partial charge in [0, 0.05) is 33.2 Å². The maximum atomic E-state index is 10.6. The van der Waals surface area contributed by atoms with Gasteiger partial charge in [0.25, 0.3) is 0 Å². The maximum Gasteiger partial charge on any atom is 0.164 e. The van der Waals surface area contributed by atoms with Gasteiger partial charge in [0.15, 0.2) is 17.5 Å². The second-order valence-corrected chi connectivity index (χ2v) is 17.7. The second kappa shape index (κ2) is 13.7. The van der Waals surface area contributed by atoms with E-state index in [0.717, 1.165) is 50.1 Å². The first kappa shape index (κ1) is 37.1. The minimum absolute atomic E-state index is 0.0441. The lowest BCUT2D eigenvalue weighted by atomic mass is 9.59. The molecule has 290 valence electrons. The predicted octanol–water partition coefficient (Wildman–Crippen LogP) is 13.8. The third kappa shape index (κ3) is 5.70. The lowest BCUT2D eigenvalue weighted by molar-refractivity contribution is 0.125. The summed E-state index contributed by atoms with van der Waals surface area (Å²) in [6.07, 6.45) is 0. The minimum atomic E-state index is -0.134. The zero-order valence-electron chi connectivity index (χ0n) is 34.8. The van der Waals surface area contributed by atoms with Crippen molar-refractivity contribution in [3.05, 3.63) is 180 Å². The fraction of sp³-hybridized carbons (Fsp3) is 0.164. The van der Waals surface area contributed by atoms with Crippen molar-refractivity contribution in [3.63, 3.8) is 0 Å². The fourth-order valence-electron chi connectivity index (χ4n) is 9.48. The maximum absolute atomic E-state index is 10.6. The van der Waals surface area contributed by atoms with E-state index in [1.807, 2.05) is 72.8 Å². The molecule has 0 saturated heterocycles. The molecule has 0 radical (unpaired) electrons. The van der Waals surface area contributed by atoms with E-state index < -0.39 is 0 Å². The summed E-state index contributed by atoms with van der Waals surface area (Å²) in [7, 11) is 0. The Morgan fingerprint density at radius 2 is 0.917 bits per heavy atom. The van der Waals surface area contributed by atoms with Gasteiger partial charge in [0.05, 0.1) is 22.7 Å². The van der Waals surface area contributed by atoms with Crippen LogP contribution in [0.1, 0.15) is 58.2 Å². The Hall–Kier alpha value is -7.16. The largest absolute Gasteiger partial charge is 0.309 e. The highest BCUT2D eigenvalue weighted by Gasteiger charge is 2.57. The summed E-state index contributed by atoms with van der Waals surface area (Å²) >= 11 is 0. The molecule has 1 aliphatic carbocycles. The van der Waals surface area contributed by atoms with Crippen LogP contribution < -0.4 is 0 Å². The Balaban J connectivity index is 1.23. The second-order valence-electron chi connectivity index (χ2n) is 17.7. The van der Waals surface area contributed by atoms with E-state index in [4.69, 9.17) is 15.0 Å². The summed E-state index contributed by atoms with van der Waals surface area (Å²) in [5.74, 6) is 1.67. The van der Waals surface area contributed by atoms with Gasteiger partial charge in [-0.3, -0.25) is 0 Å². The molecular formula is C55H45N5. The molecule has 7 aromatic carbocycles. The van der Waals surface area contributed by atoms with Gasteiger partial charge in [-0.1, -0.05) is 145 Å². The third-order valence-electron chi connectivity index (χ3n) is 14.0. The predicted molar refractivity (Wildman–Crippen MR) is 246 cm³/mol. The van der Waals surface area contributed by atoms with E-state index >= 15 is 0 Å². The van der Waals surface area contributed by atoms with Crippen molar-refractivity contribution in [3.8, 4) is 68.2 Å². The molecule has 0 fully saturated rings.